The van der Waals surface area contributed by atoms with Crippen molar-refractivity contribution in [1.29, 1.82) is 0 Å². The molecule has 0 atom stereocenters. The summed E-state index contributed by atoms with van der Waals surface area (Å²) in [7, 11) is 1.61. The molecule has 0 aliphatic carbocycles. The predicted molar refractivity (Wildman–Crippen MR) is 125 cm³/mol. The Hall–Kier alpha value is -3.86. The van der Waals surface area contributed by atoms with Crippen molar-refractivity contribution in [3.63, 3.8) is 0 Å². The van der Waals surface area contributed by atoms with Gasteiger partial charge in [0.25, 0.3) is 0 Å². The van der Waals surface area contributed by atoms with Crippen LogP contribution in [0.2, 0.25) is 0 Å². The van der Waals surface area contributed by atoms with Gasteiger partial charge >= 0.3 is 0 Å². The first-order chi connectivity index (χ1) is 15.5. The average Bonchev–Trinajstić information content (AvgIpc) is 2.82. The Bertz CT molecular complexity index is 1280. The average molecular weight is 428 g/mol. The van der Waals surface area contributed by atoms with Gasteiger partial charge in [0.15, 0.2) is 5.43 Å². The third-order valence-corrected chi connectivity index (χ3v) is 5.44. The van der Waals surface area contributed by atoms with Gasteiger partial charge in [-0.15, -0.1) is 0 Å². The van der Waals surface area contributed by atoms with Gasteiger partial charge in [0, 0.05) is 6.54 Å². The van der Waals surface area contributed by atoms with Crippen LogP contribution in [0.3, 0.4) is 0 Å². The van der Waals surface area contributed by atoms with Gasteiger partial charge in [0.05, 0.1) is 37.3 Å². The standard InChI is InChI=1S/C27H25NO4/c1-19-8-13-25-24(14-19)27(30)22(18-32-25)17-28(16-21-6-4-3-5-7-21)26(29)15-20-9-11-23(31-2)12-10-20/h3-14,18H,15-17H2,1-2H3. The number of benzene rings is 3. The number of ether oxygens (including phenoxy) is 1. The second-order valence-corrected chi connectivity index (χ2v) is 7.85. The molecule has 32 heavy (non-hydrogen) atoms. The summed E-state index contributed by atoms with van der Waals surface area (Å²) in [6, 6.07) is 22.7. The topological polar surface area (TPSA) is 59.8 Å². The van der Waals surface area contributed by atoms with E-state index in [1.165, 1.54) is 6.26 Å². The molecule has 0 N–H and O–H groups in total. The summed E-state index contributed by atoms with van der Waals surface area (Å²) < 4.78 is 10.9. The molecule has 1 aromatic heterocycles. The van der Waals surface area contributed by atoms with E-state index in [0.29, 0.717) is 23.1 Å². The molecular weight excluding hydrogens is 402 g/mol. The Morgan fingerprint density at radius 2 is 1.69 bits per heavy atom. The van der Waals surface area contributed by atoms with E-state index >= 15 is 0 Å². The number of hydrogen-bond acceptors (Lipinski definition) is 4. The lowest BCUT2D eigenvalue weighted by molar-refractivity contribution is -0.131. The lowest BCUT2D eigenvalue weighted by Crippen LogP contribution is -2.33. The molecular formula is C27H25NO4. The van der Waals surface area contributed by atoms with Gasteiger partial charge in [-0.2, -0.15) is 0 Å². The van der Waals surface area contributed by atoms with Crippen molar-refractivity contribution in [2.24, 2.45) is 0 Å². The van der Waals surface area contributed by atoms with Crippen LogP contribution in [-0.2, 0) is 24.3 Å². The molecule has 4 aromatic rings. The molecule has 0 radical (unpaired) electrons. The monoisotopic (exact) mass is 427 g/mol. The summed E-state index contributed by atoms with van der Waals surface area (Å²) in [5.74, 6) is 0.675. The van der Waals surface area contributed by atoms with E-state index in [2.05, 4.69) is 0 Å². The zero-order valence-electron chi connectivity index (χ0n) is 18.2. The van der Waals surface area contributed by atoms with Crippen LogP contribution in [0.1, 0.15) is 22.3 Å². The van der Waals surface area contributed by atoms with Crippen LogP contribution in [-0.4, -0.2) is 17.9 Å². The number of fused-ring (bicyclic) bond motifs is 1. The van der Waals surface area contributed by atoms with E-state index in [9.17, 15) is 9.59 Å². The van der Waals surface area contributed by atoms with Crippen LogP contribution in [0.15, 0.2) is 88.3 Å². The number of methoxy groups -OCH3 is 1. The number of amides is 1. The van der Waals surface area contributed by atoms with E-state index in [1.807, 2.05) is 73.7 Å². The van der Waals surface area contributed by atoms with Crippen molar-refractivity contribution in [2.45, 2.75) is 26.4 Å². The van der Waals surface area contributed by atoms with Crippen LogP contribution < -0.4 is 10.2 Å². The minimum absolute atomic E-state index is 0.0669. The van der Waals surface area contributed by atoms with Crippen molar-refractivity contribution in [2.75, 3.05) is 7.11 Å². The molecule has 0 spiro atoms. The van der Waals surface area contributed by atoms with E-state index in [1.54, 1.807) is 18.1 Å². The van der Waals surface area contributed by atoms with Crippen LogP contribution >= 0.6 is 0 Å². The summed E-state index contributed by atoms with van der Waals surface area (Å²) in [5.41, 5.74) is 3.76. The van der Waals surface area contributed by atoms with Crippen molar-refractivity contribution in [3.05, 3.63) is 112 Å². The van der Waals surface area contributed by atoms with Crippen molar-refractivity contribution >= 4 is 16.9 Å². The highest BCUT2D eigenvalue weighted by molar-refractivity contribution is 5.80. The van der Waals surface area contributed by atoms with E-state index in [0.717, 1.165) is 22.4 Å². The minimum Gasteiger partial charge on any atom is -0.497 e. The van der Waals surface area contributed by atoms with Crippen LogP contribution in [0.4, 0.5) is 0 Å². The first kappa shape index (κ1) is 21.4. The molecule has 0 fully saturated rings. The van der Waals surface area contributed by atoms with Gasteiger partial charge in [-0.1, -0.05) is 54.1 Å². The fraction of sp³-hybridized carbons (Fsp3) is 0.185. The maximum absolute atomic E-state index is 13.3. The Balaban J connectivity index is 1.63. The maximum atomic E-state index is 13.3. The highest BCUT2D eigenvalue weighted by Crippen LogP contribution is 2.17. The Morgan fingerprint density at radius 1 is 0.938 bits per heavy atom. The smallest absolute Gasteiger partial charge is 0.227 e. The Morgan fingerprint density at radius 3 is 2.41 bits per heavy atom. The third-order valence-electron chi connectivity index (χ3n) is 5.44. The van der Waals surface area contributed by atoms with E-state index in [-0.39, 0.29) is 24.3 Å². The fourth-order valence-electron chi connectivity index (χ4n) is 3.67. The highest BCUT2D eigenvalue weighted by atomic mass is 16.5. The fourth-order valence-corrected chi connectivity index (χ4v) is 3.67. The Kier molecular flexibility index (Phi) is 6.36. The van der Waals surface area contributed by atoms with Crippen molar-refractivity contribution in [3.8, 4) is 5.75 Å². The maximum Gasteiger partial charge on any atom is 0.227 e. The molecule has 0 saturated heterocycles. The molecule has 5 heteroatoms. The molecule has 0 unspecified atom stereocenters. The molecule has 3 aromatic carbocycles. The number of hydrogen-bond donors (Lipinski definition) is 0. The summed E-state index contributed by atoms with van der Waals surface area (Å²) in [6.45, 7) is 2.52. The van der Waals surface area contributed by atoms with Gasteiger partial charge in [0.1, 0.15) is 11.3 Å². The van der Waals surface area contributed by atoms with Crippen LogP contribution in [0.5, 0.6) is 5.75 Å². The number of rotatable bonds is 7. The van der Waals surface area contributed by atoms with Gasteiger partial charge < -0.3 is 14.1 Å². The number of carbonyl (C=O) groups is 1. The molecule has 1 amide bonds. The quantitative estimate of drug-likeness (QED) is 0.422. The zero-order chi connectivity index (χ0) is 22.5. The summed E-state index contributed by atoms with van der Waals surface area (Å²) in [4.78, 5) is 28.1. The largest absolute Gasteiger partial charge is 0.497 e. The lowest BCUT2D eigenvalue weighted by Gasteiger charge is -2.23. The molecule has 5 nitrogen and oxygen atoms in total. The molecule has 1 heterocycles. The van der Waals surface area contributed by atoms with Gasteiger partial charge in [-0.25, -0.2) is 0 Å². The summed E-state index contributed by atoms with van der Waals surface area (Å²) in [5, 5.41) is 0.532. The molecule has 162 valence electrons. The predicted octanol–water partition coefficient (Wildman–Crippen LogP) is 4.88. The van der Waals surface area contributed by atoms with Crippen LogP contribution in [0, 0.1) is 6.92 Å². The van der Waals surface area contributed by atoms with Gasteiger partial charge in [-0.05, 0) is 42.3 Å². The molecule has 0 bridgehead atoms. The number of carbonyl (C=O) groups excluding carboxylic acids is 1. The van der Waals surface area contributed by atoms with Crippen molar-refractivity contribution in [1.82, 2.24) is 4.90 Å². The highest BCUT2D eigenvalue weighted by Gasteiger charge is 2.18. The van der Waals surface area contributed by atoms with E-state index < -0.39 is 0 Å². The lowest BCUT2D eigenvalue weighted by atomic mass is 10.1. The van der Waals surface area contributed by atoms with Crippen molar-refractivity contribution < 1.29 is 13.9 Å². The Labute approximate surface area is 186 Å². The second-order valence-electron chi connectivity index (χ2n) is 7.85. The molecule has 0 saturated carbocycles. The zero-order valence-corrected chi connectivity index (χ0v) is 18.2. The second kappa shape index (κ2) is 9.52. The first-order valence-corrected chi connectivity index (χ1v) is 10.5. The number of nitrogens with zero attached hydrogens (tertiary/aromatic N) is 1. The number of aryl methyl sites for hydroxylation is 1. The van der Waals surface area contributed by atoms with Crippen LogP contribution in [0.25, 0.3) is 11.0 Å². The molecule has 4 rings (SSSR count). The van der Waals surface area contributed by atoms with Gasteiger partial charge in [-0.3, -0.25) is 9.59 Å². The normalized spacial score (nSPS) is 10.8. The minimum atomic E-state index is -0.106. The summed E-state index contributed by atoms with van der Waals surface area (Å²) >= 11 is 0. The summed E-state index contributed by atoms with van der Waals surface area (Å²) in [6.07, 6.45) is 1.70. The van der Waals surface area contributed by atoms with Gasteiger partial charge in [0.2, 0.25) is 5.91 Å². The SMILES string of the molecule is COc1ccc(CC(=O)N(Cc2ccccc2)Cc2coc3ccc(C)cc3c2=O)cc1. The van der Waals surface area contributed by atoms with E-state index in [4.69, 9.17) is 9.15 Å². The first-order valence-electron chi connectivity index (χ1n) is 10.5. The third kappa shape index (κ3) is 4.89. The molecule has 0 aliphatic rings. The molecule has 0 aliphatic heterocycles.